The Bertz CT molecular complexity index is 545. The van der Waals surface area contributed by atoms with Gasteiger partial charge in [-0.1, -0.05) is 0 Å². The summed E-state index contributed by atoms with van der Waals surface area (Å²) in [6, 6.07) is 3.22. The number of anilines is 1. The van der Waals surface area contributed by atoms with Gasteiger partial charge in [-0.25, -0.2) is 0 Å². The number of ether oxygens (including phenoxy) is 1. The molecule has 1 fully saturated rings. The summed E-state index contributed by atoms with van der Waals surface area (Å²) in [5, 5.41) is 13.2. The van der Waals surface area contributed by atoms with E-state index in [1.807, 2.05) is 6.92 Å². The SMILES string of the molecule is CCN(c1cc(CC(F)(F)F)cc(C(O)OC)c1C)C1CNC1. The molecule has 0 amide bonds. The minimum atomic E-state index is -4.29. The number of halogens is 3. The zero-order valence-electron chi connectivity index (χ0n) is 13.6. The number of nitrogens with one attached hydrogen (secondary N) is 1. The second-order valence-electron chi connectivity index (χ2n) is 5.81. The molecule has 4 nitrogen and oxygen atoms in total. The number of rotatable bonds is 6. The van der Waals surface area contributed by atoms with Crippen LogP contribution in [0.25, 0.3) is 0 Å². The maximum atomic E-state index is 12.8. The first-order chi connectivity index (χ1) is 10.8. The molecule has 0 saturated carbocycles. The van der Waals surface area contributed by atoms with Gasteiger partial charge in [0.15, 0.2) is 6.29 Å². The molecular formula is C16H23F3N2O2. The Morgan fingerprint density at radius 1 is 1.39 bits per heavy atom. The fourth-order valence-corrected chi connectivity index (χ4v) is 2.92. The summed E-state index contributed by atoms with van der Waals surface area (Å²) in [6.07, 6.45) is -6.55. The topological polar surface area (TPSA) is 44.7 Å². The maximum Gasteiger partial charge on any atom is 0.393 e. The van der Waals surface area contributed by atoms with Crippen LogP contribution >= 0.6 is 0 Å². The summed E-state index contributed by atoms with van der Waals surface area (Å²) in [5.41, 5.74) is 2.00. The Balaban J connectivity index is 2.47. The first-order valence-electron chi connectivity index (χ1n) is 7.65. The average molecular weight is 332 g/mol. The van der Waals surface area contributed by atoms with Crippen molar-refractivity contribution in [3.05, 3.63) is 28.8 Å². The van der Waals surface area contributed by atoms with Crippen molar-refractivity contribution in [2.24, 2.45) is 0 Å². The molecule has 0 aromatic heterocycles. The molecular weight excluding hydrogens is 309 g/mol. The molecule has 1 aliphatic heterocycles. The molecule has 1 aromatic rings. The van der Waals surface area contributed by atoms with Crippen LogP contribution in [0.5, 0.6) is 0 Å². The van der Waals surface area contributed by atoms with Gasteiger partial charge in [-0.15, -0.1) is 0 Å². The van der Waals surface area contributed by atoms with Crippen molar-refractivity contribution in [3.63, 3.8) is 0 Å². The van der Waals surface area contributed by atoms with Crippen molar-refractivity contribution < 1.29 is 23.0 Å². The van der Waals surface area contributed by atoms with Gasteiger partial charge in [0.1, 0.15) is 0 Å². The van der Waals surface area contributed by atoms with Crippen LogP contribution in [0.15, 0.2) is 12.1 Å². The molecule has 0 aliphatic carbocycles. The number of methoxy groups -OCH3 is 1. The highest BCUT2D eigenvalue weighted by molar-refractivity contribution is 5.60. The van der Waals surface area contributed by atoms with Gasteiger partial charge in [-0.05, 0) is 37.1 Å². The lowest BCUT2D eigenvalue weighted by Crippen LogP contribution is -2.57. The predicted molar refractivity (Wildman–Crippen MR) is 82.6 cm³/mol. The fourth-order valence-electron chi connectivity index (χ4n) is 2.92. The van der Waals surface area contributed by atoms with Gasteiger partial charge in [0.25, 0.3) is 0 Å². The zero-order valence-corrected chi connectivity index (χ0v) is 13.6. The van der Waals surface area contributed by atoms with E-state index in [0.29, 0.717) is 12.1 Å². The van der Waals surface area contributed by atoms with E-state index in [2.05, 4.69) is 10.2 Å². The average Bonchev–Trinajstić information content (AvgIpc) is 2.42. The highest BCUT2D eigenvalue weighted by Gasteiger charge is 2.31. The van der Waals surface area contributed by atoms with E-state index in [-0.39, 0.29) is 11.6 Å². The van der Waals surface area contributed by atoms with Crippen LogP contribution in [0, 0.1) is 6.92 Å². The third kappa shape index (κ3) is 4.16. The number of nitrogens with zero attached hydrogens (tertiary/aromatic N) is 1. The van der Waals surface area contributed by atoms with E-state index in [9.17, 15) is 18.3 Å². The number of aliphatic hydroxyl groups is 1. The van der Waals surface area contributed by atoms with Crippen LogP contribution in [0.3, 0.4) is 0 Å². The van der Waals surface area contributed by atoms with Gasteiger partial charge in [0, 0.05) is 38.0 Å². The number of aliphatic hydroxyl groups excluding tert-OH is 1. The van der Waals surface area contributed by atoms with Crippen molar-refractivity contribution in [1.82, 2.24) is 5.32 Å². The minimum Gasteiger partial charge on any atom is -0.366 e. The maximum absolute atomic E-state index is 12.8. The summed E-state index contributed by atoms with van der Waals surface area (Å²) in [7, 11) is 1.33. The molecule has 0 spiro atoms. The summed E-state index contributed by atoms with van der Waals surface area (Å²) in [4.78, 5) is 2.08. The third-order valence-electron chi connectivity index (χ3n) is 4.22. The van der Waals surface area contributed by atoms with Crippen LogP contribution in [-0.4, -0.2) is 44.1 Å². The molecule has 7 heteroatoms. The Hall–Kier alpha value is -1.31. The Labute approximate surface area is 134 Å². The molecule has 1 aliphatic rings. The summed E-state index contributed by atoms with van der Waals surface area (Å²) < 4.78 is 43.3. The second kappa shape index (κ2) is 7.07. The largest absolute Gasteiger partial charge is 0.393 e. The van der Waals surface area contributed by atoms with Crippen LogP contribution in [0.4, 0.5) is 18.9 Å². The summed E-state index contributed by atoms with van der Waals surface area (Å²) in [5.74, 6) is 0. The molecule has 2 N–H and O–H groups in total. The van der Waals surface area contributed by atoms with E-state index < -0.39 is 18.9 Å². The van der Waals surface area contributed by atoms with Gasteiger partial charge < -0.3 is 20.1 Å². The van der Waals surface area contributed by atoms with E-state index in [4.69, 9.17) is 4.74 Å². The Morgan fingerprint density at radius 3 is 2.48 bits per heavy atom. The first kappa shape index (κ1) is 18.0. The summed E-state index contributed by atoms with van der Waals surface area (Å²) >= 11 is 0. The fraction of sp³-hybridized carbons (Fsp3) is 0.625. The minimum absolute atomic E-state index is 0.134. The van der Waals surface area contributed by atoms with Gasteiger partial charge >= 0.3 is 6.18 Å². The molecule has 1 unspecified atom stereocenters. The lowest BCUT2D eigenvalue weighted by atomic mass is 9.97. The van der Waals surface area contributed by atoms with Gasteiger partial charge in [0.2, 0.25) is 0 Å². The van der Waals surface area contributed by atoms with Crippen molar-refractivity contribution in [2.45, 2.75) is 38.8 Å². The molecule has 1 heterocycles. The predicted octanol–water partition coefficient (Wildman–Crippen LogP) is 2.54. The number of hydrogen-bond acceptors (Lipinski definition) is 4. The van der Waals surface area contributed by atoms with E-state index in [1.54, 1.807) is 13.0 Å². The summed E-state index contributed by atoms with van der Waals surface area (Å²) in [6.45, 7) is 6.07. The lowest BCUT2D eigenvalue weighted by Gasteiger charge is -2.40. The third-order valence-corrected chi connectivity index (χ3v) is 4.22. The van der Waals surface area contributed by atoms with Crippen molar-refractivity contribution in [1.29, 1.82) is 0 Å². The molecule has 2 rings (SSSR count). The van der Waals surface area contributed by atoms with Crippen LogP contribution in [0.2, 0.25) is 0 Å². The number of hydrogen-bond donors (Lipinski definition) is 2. The van der Waals surface area contributed by atoms with Gasteiger partial charge in [-0.3, -0.25) is 0 Å². The monoisotopic (exact) mass is 332 g/mol. The van der Waals surface area contributed by atoms with Gasteiger partial charge in [-0.2, -0.15) is 13.2 Å². The molecule has 1 aromatic carbocycles. The number of alkyl halides is 3. The molecule has 130 valence electrons. The standard InChI is InChI=1S/C16H23F3N2O2/c1-4-21(12-8-20-9-12)14-6-11(7-16(17,18)19)5-13(10(14)2)15(22)23-3/h5-6,12,15,20,22H,4,7-9H2,1-3H3. The van der Waals surface area contributed by atoms with Crippen LogP contribution < -0.4 is 10.2 Å². The highest BCUT2D eigenvalue weighted by atomic mass is 19.4. The van der Waals surface area contributed by atoms with Crippen molar-refractivity contribution in [2.75, 3.05) is 31.6 Å². The lowest BCUT2D eigenvalue weighted by molar-refractivity contribution is -0.127. The van der Waals surface area contributed by atoms with E-state index >= 15 is 0 Å². The van der Waals surface area contributed by atoms with Crippen molar-refractivity contribution in [3.8, 4) is 0 Å². The normalized spacial score (nSPS) is 17.0. The molecule has 1 atom stereocenters. The molecule has 23 heavy (non-hydrogen) atoms. The van der Waals surface area contributed by atoms with Crippen LogP contribution in [0.1, 0.15) is 29.9 Å². The first-order valence-corrected chi connectivity index (χ1v) is 7.65. The Kier molecular flexibility index (Phi) is 5.54. The van der Waals surface area contributed by atoms with E-state index in [0.717, 1.165) is 24.3 Å². The van der Waals surface area contributed by atoms with Gasteiger partial charge in [0.05, 0.1) is 12.5 Å². The van der Waals surface area contributed by atoms with Crippen molar-refractivity contribution >= 4 is 5.69 Å². The number of likely N-dealkylation sites (N-methyl/N-ethyl adjacent to an activating group) is 1. The van der Waals surface area contributed by atoms with E-state index in [1.165, 1.54) is 13.2 Å². The zero-order chi connectivity index (χ0) is 17.2. The smallest absolute Gasteiger partial charge is 0.366 e. The molecule has 0 radical (unpaired) electrons. The number of benzene rings is 1. The molecule has 0 bridgehead atoms. The van der Waals surface area contributed by atoms with Crippen LogP contribution in [-0.2, 0) is 11.2 Å². The Morgan fingerprint density at radius 2 is 2.04 bits per heavy atom. The second-order valence-corrected chi connectivity index (χ2v) is 5.81. The quantitative estimate of drug-likeness (QED) is 0.786. The highest BCUT2D eigenvalue weighted by Crippen LogP contribution is 2.33. The molecule has 1 saturated heterocycles.